The molecule has 2 aromatic rings. The second-order valence-electron chi connectivity index (χ2n) is 4.74. The van der Waals surface area contributed by atoms with Crippen LogP contribution in [-0.4, -0.2) is 15.9 Å². The van der Waals surface area contributed by atoms with Crippen molar-refractivity contribution in [3.8, 4) is 0 Å². The van der Waals surface area contributed by atoms with E-state index in [0.717, 1.165) is 16.3 Å². The number of rotatable bonds is 5. The van der Waals surface area contributed by atoms with Gasteiger partial charge < -0.3 is 5.32 Å². The third-order valence-corrected chi connectivity index (χ3v) is 4.00. The normalized spacial score (nSPS) is 14.3. The van der Waals surface area contributed by atoms with Gasteiger partial charge in [0.05, 0.1) is 18.7 Å². The van der Waals surface area contributed by atoms with Gasteiger partial charge in [-0.3, -0.25) is 4.79 Å². The lowest BCUT2D eigenvalue weighted by atomic mass is 10.2. The van der Waals surface area contributed by atoms with Crippen LogP contribution >= 0.6 is 11.3 Å². The van der Waals surface area contributed by atoms with Crippen molar-refractivity contribution >= 4 is 17.2 Å². The Kier molecular flexibility index (Phi) is 3.55. The molecule has 19 heavy (non-hydrogen) atoms. The van der Waals surface area contributed by atoms with Gasteiger partial charge in [-0.15, -0.1) is 11.3 Å². The van der Waals surface area contributed by atoms with Crippen molar-refractivity contribution in [2.24, 2.45) is 0 Å². The van der Waals surface area contributed by atoms with Gasteiger partial charge in [0.25, 0.3) is 0 Å². The SMILES string of the molecule is O=C(Cc1cccs1)NCc1cc(C2CC2)ncn1. The molecule has 0 aromatic carbocycles. The lowest BCUT2D eigenvalue weighted by Gasteiger charge is -2.05. The zero-order chi connectivity index (χ0) is 13.1. The van der Waals surface area contributed by atoms with Crippen LogP contribution in [0.25, 0.3) is 0 Å². The molecule has 0 aliphatic heterocycles. The summed E-state index contributed by atoms with van der Waals surface area (Å²) in [4.78, 5) is 21.3. The minimum atomic E-state index is 0.0361. The molecule has 98 valence electrons. The summed E-state index contributed by atoms with van der Waals surface area (Å²) in [6.45, 7) is 0.479. The Labute approximate surface area is 115 Å². The molecule has 0 spiro atoms. The molecule has 0 atom stereocenters. The predicted octanol–water partition coefficient (Wildman–Crippen LogP) is 2.27. The smallest absolute Gasteiger partial charge is 0.225 e. The van der Waals surface area contributed by atoms with Crippen LogP contribution in [0.4, 0.5) is 0 Å². The van der Waals surface area contributed by atoms with Crippen LogP contribution in [0.2, 0.25) is 0 Å². The number of hydrogen-bond acceptors (Lipinski definition) is 4. The third-order valence-electron chi connectivity index (χ3n) is 3.12. The Morgan fingerprint density at radius 2 is 2.32 bits per heavy atom. The number of carbonyl (C=O) groups is 1. The fraction of sp³-hybridized carbons (Fsp3) is 0.357. The fourth-order valence-corrected chi connectivity index (χ4v) is 2.64. The topological polar surface area (TPSA) is 54.9 Å². The highest BCUT2D eigenvalue weighted by Gasteiger charge is 2.25. The van der Waals surface area contributed by atoms with Crippen molar-refractivity contribution in [3.05, 3.63) is 46.2 Å². The first-order valence-electron chi connectivity index (χ1n) is 6.41. The highest BCUT2D eigenvalue weighted by atomic mass is 32.1. The van der Waals surface area contributed by atoms with E-state index >= 15 is 0 Å². The molecular formula is C14H15N3OS. The van der Waals surface area contributed by atoms with Crippen molar-refractivity contribution in [1.82, 2.24) is 15.3 Å². The lowest BCUT2D eigenvalue weighted by molar-refractivity contribution is -0.120. The first-order valence-corrected chi connectivity index (χ1v) is 7.29. The van der Waals surface area contributed by atoms with Gasteiger partial charge in [-0.2, -0.15) is 0 Å². The average molecular weight is 273 g/mol. The van der Waals surface area contributed by atoms with Crippen molar-refractivity contribution in [3.63, 3.8) is 0 Å². The van der Waals surface area contributed by atoms with Gasteiger partial charge in [0.2, 0.25) is 5.91 Å². The van der Waals surface area contributed by atoms with E-state index in [0.29, 0.717) is 18.9 Å². The van der Waals surface area contributed by atoms with Crippen LogP contribution in [0.5, 0.6) is 0 Å². The predicted molar refractivity (Wildman–Crippen MR) is 73.9 cm³/mol. The molecule has 2 aromatic heterocycles. The Balaban J connectivity index is 1.53. The minimum absolute atomic E-state index is 0.0361. The zero-order valence-corrected chi connectivity index (χ0v) is 11.3. The van der Waals surface area contributed by atoms with Gasteiger partial charge in [0.1, 0.15) is 6.33 Å². The summed E-state index contributed by atoms with van der Waals surface area (Å²) in [7, 11) is 0. The van der Waals surface area contributed by atoms with E-state index in [4.69, 9.17) is 0 Å². The van der Waals surface area contributed by atoms with Gasteiger partial charge in [0.15, 0.2) is 0 Å². The molecule has 1 saturated carbocycles. The average Bonchev–Trinajstić information content (AvgIpc) is 3.16. The molecule has 0 unspecified atom stereocenters. The summed E-state index contributed by atoms with van der Waals surface area (Å²) in [6, 6.07) is 5.93. The third kappa shape index (κ3) is 3.38. The number of nitrogens with one attached hydrogen (secondary N) is 1. The molecule has 1 aliphatic carbocycles. The maximum atomic E-state index is 11.8. The zero-order valence-electron chi connectivity index (χ0n) is 10.5. The number of nitrogens with zero attached hydrogens (tertiary/aromatic N) is 2. The standard InChI is InChI=1S/C14H15N3OS/c18-14(7-12-2-1-5-19-12)15-8-11-6-13(10-3-4-10)17-9-16-11/h1-2,5-6,9-10H,3-4,7-8H2,(H,15,18). The van der Waals surface area contributed by atoms with E-state index < -0.39 is 0 Å². The van der Waals surface area contributed by atoms with E-state index in [1.807, 2.05) is 23.6 Å². The van der Waals surface area contributed by atoms with Gasteiger partial charge in [-0.1, -0.05) is 6.07 Å². The number of aromatic nitrogens is 2. The fourth-order valence-electron chi connectivity index (χ4n) is 1.94. The Morgan fingerprint density at radius 1 is 1.42 bits per heavy atom. The number of thiophene rings is 1. The molecule has 4 nitrogen and oxygen atoms in total. The molecule has 0 bridgehead atoms. The first kappa shape index (κ1) is 12.3. The monoisotopic (exact) mass is 273 g/mol. The van der Waals surface area contributed by atoms with Crippen LogP contribution in [0, 0.1) is 0 Å². The molecule has 1 fully saturated rings. The molecule has 1 aliphatic rings. The molecule has 1 N–H and O–H groups in total. The second kappa shape index (κ2) is 5.48. The Bertz CT molecular complexity index is 564. The van der Waals surface area contributed by atoms with Crippen LogP contribution in [0.15, 0.2) is 29.9 Å². The highest BCUT2D eigenvalue weighted by Crippen LogP contribution is 2.38. The molecule has 0 radical (unpaired) electrons. The van der Waals surface area contributed by atoms with E-state index in [9.17, 15) is 4.79 Å². The molecule has 5 heteroatoms. The number of hydrogen-bond donors (Lipinski definition) is 1. The Morgan fingerprint density at radius 3 is 3.05 bits per heavy atom. The van der Waals surface area contributed by atoms with E-state index in [2.05, 4.69) is 15.3 Å². The van der Waals surface area contributed by atoms with Crippen molar-refractivity contribution < 1.29 is 4.79 Å². The van der Waals surface area contributed by atoms with Crippen molar-refractivity contribution in [2.45, 2.75) is 31.7 Å². The summed E-state index contributed by atoms with van der Waals surface area (Å²) in [5, 5.41) is 4.88. The summed E-state index contributed by atoms with van der Waals surface area (Å²) < 4.78 is 0. The molecular weight excluding hydrogens is 258 g/mol. The lowest BCUT2D eigenvalue weighted by Crippen LogP contribution is -2.24. The molecule has 2 heterocycles. The second-order valence-corrected chi connectivity index (χ2v) is 5.77. The summed E-state index contributed by atoms with van der Waals surface area (Å²) in [5.41, 5.74) is 1.99. The van der Waals surface area contributed by atoms with Crippen LogP contribution in [-0.2, 0) is 17.8 Å². The molecule has 1 amide bonds. The van der Waals surface area contributed by atoms with E-state index in [1.165, 1.54) is 12.8 Å². The summed E-state index contributed by atoms with van der Waals surface area (Å²) >= 11 is 1.60. The summed E-state index contributed by atoms with van der Waals surface area (Å²) in [6.07, 6.45) is 4.48. The number of carbonyl (C=O) groups excluding carboxylic acids is 1. The Hall–Kier alpha value is -1.75. The quantitative estimate of drug-likeness (QED) is 0.909. The van der Waals surface area contributed by atoms with E-state index in [-0.39, 0.29) is 5.91 Å². The van der Waals surface area contributed by atoms with Crippen molar-refractivity contribution in [1.29, 1.82) is 0 Å². The van der Waals surface area contributed by atoms with Crippen LogP contribution in [0.1, 0.15) is 35.0 Å². The van der Waals surface area contributed by atoms with Crippen molar-refractivity contribution in [2.75, 3.05) is 0 Å². The molecule has 3 rings (SSSR count). The summed E-state index contributed by atoms with van der Waals surface area (Å²) in [5.74, 6) is 0.651. The van der Waals surface area contributed by atoms with Crippen LogP contribution in [0.3, 0.4) is 0 Å². The number of amides is 1. The maximum Gasteiger partial charge on any atom is 0.225 e. The van der Waals surface area contributed by atoms with Crippen LogP contribution < -0.4 is 5.32 Å². The van der Waals surface area contributed by atoms with Gasteiger partial charge in [-0.25, -0.2) is 9.97 Å². The van der Waals surface area contributed by atoms with Gasteiger partial charge in [0, 0.05) is 16.5 Å². The maximum absolute atomic E-state index is 11.8. The van der Waals surface area contributed by atoms with Gasteiger partial charge >= 0.3 is 0 Å². The highest BCUT2D eigenvalue weighted by molar-refractivity contribution is 7.10. The minimum Gasteiger partial charge on any atom is -0.350 e. The van der Waals surface area contributed by atoms with Gasteiger partial charge in [-0.05, 0) is 30.4 Å². The van der Waals surface area contributed by atoms with E-state index in [1.54, 1.807) is 17.7 Å². The molecule has 0 saturated heterocycles. The first-order chi connectivity index (χ1) is 9.31. The largest absolute Gasteiger partial charge is 0.350 e.